The van der Waals surface area contributed by atoms with Crippen LogP contribution in [0.4, 0.5) is 0 Å². The summed E-state index contributed by atoms with van der Waals surface area (Å²) >= 11 is 6.01. The van der Waals surface area contributed by atoms with Crippen LogP contribution in [0.5, 0.6) is 5.75 Å². The van der Waals surface area contributed by atoms with Gasteiger partial charge in [-0.2, -0.15) is 4.31 Å². The highest BCUT2D eigenvalue weighted by molar-refractivity contribution is 7.89. The van der Waals surface area contributed by atoms with Gasteiger partial charge in [-0.25, -0.2) is 8.42 Å². The molecule has 4 nitrogen and oxygen atoms in total. The van der Waals surface area contributed by atoms with Gasteiger partial charge in [0.25, 0.3) is 0 Å². The van der Waals surface area contributed by atoms with Crippen LogP contribution in [0.15, 0.2) is 47.4 Å². The molecule has 2 aromatic carbocycles. The monoisotopic (exact) mass is 339 g/mol. The van der Waals surface area contributed by atoms with Gasteiger partial charge in [0.1, 0.15) is 5.75 Å². The lowest BCUT2D eigenvalue weighted by Gasteiger charge is -2.18. The lowest BCUT2D eigenvalue weighted by Crippen LogP contribution is -2.26. The number of rotatable bonds is 5. The Balaban J connectivity index is 2.25. The van der Waals surface area contributed by atoms with Crippen LogP contribution in [0.1, 0.15) is 11.1 Å². The van der Waals surface area contributed by atoms with Crippen molar-refractivity contribution in [2.24, 2.45) is 0 Å². The molecule has 0 aliphatic carbocycles. The zero-order valence-electron chi connectivity index (χ0n) is 12.7. The average molecular weight is 340 g/mol. The predicted molar refractivity (Wildman–Crippen MR) is 87.8 cm³/mol. The summed E-state index contributed by atoms with van der Waals surface area (Å²) in [5, 5.41) is 0.271. The number of methoxy groups -OCH3 is 1. The molecule has 2 aromatic rings. The summed E-state index contributed by atoms with van der Waals surface area (Å²) in [7, 11) is -0.567. The van der Waals surface area contributed by atoms with Crippen LogP contribution >= 0.6 is 11.6 Å². The van der Waals surface area contributed by atoms with E-state index in [9.17, 15) is 8.42 Å². The van der Waals surface area contributed by atoms with E-state index in [1.165, 1.54) is 23.5 Å². The van der Waals surface area contributed by atoms with Crippen LogP contribution in [0.2, 0.25) is 5.02 Å². The summed E-state index contributed by atoms with van der Waals surface area (Å²) in [6, 6.07) is 12.2. The zero-order valence-corrected chi connectivity index (χ0v) is 14.3. The Morgan fingerprint density at radius 1 is 1.14 bits per heavy atom. The molecule has 0 radical (unpaired) electrons. The number of nitrogens with zero attached hydrogens (tertiary/aromatic N) is 1. The number of ether oxygens (including phenoxy) is 1. The molecular weight excluding hydrogens is 322 g/mol. The lowest BCUT2D eigenvalue weighted by atomic mass is 10.1. The van der Waals surface area contributed by atoms with Crippen LogP contribution in [-0.4, -0.2) is 26.9 Å². The third-order valence-electron chi connectivity index (χ3n) is 3.36. The Labute approximate surface area is 136 Å². The standard InChI is InChI=1S/C16H18ClNO3S/c1-12-4-6-13(7-5-12)11-18(2)22(19,20)14-8-9-16(21-3)15(17)10-14/h4-10H,11H2,1-3H3. The molecular formula is C16H18ClNO3S. The molecule has 2 rings (SSSR count). The fourth-order valence-electron chi connectivity index (χ4n) is 2.02. The Morgan fingerprint density at radius 2 is 1.77 bits per heavy atom. The van der Waals surface area contributed by atoms with E-state index in [0.717, 1.165) is 11.1 Å². The Morgan fingerprint density at radius 3 is 2.32 bits per heavy atom. The van der Waals surface area contributed by atoms with Crippen molar-refractivity contribution < 1.29 is 13.2 Å². The summed E-state index contributed by atoms with van der Waals surface area (Å²) < 4.78 is 31.5. The fraction of sp³-hybridized carbons (Fsp3) is 0.250. The number of aryl methyl sites for hydroxylation is 1. The molecule has 0 N–H and O–H groups in total. The molecule has 0 saturated carbocycles. The van der Waals surface area contributed by atoms with Crippen LogP contribution < -0.4 is 4.74 Å². The van der Waals surface area contributed by atoms with Crippen LogP contribution in [0, 0.1) is 6.92 Å². The van der Waals surface area contributed by atoms with Gasteiger partial charge in [0.2, 0.25) is 10.0 Å². The molecule has 0 amide bonds. The van der Waals surface area contributed by atoms with Gasteiger partial charge in [0.15, 0.2) is 0 Å². The van der Waals surface area contributed by atoms with E-state index in [2.05, 4.69) is 0 Å². The van der Waals surface area contributed by atoms with Gasteiger partial charge in [0, 0.05) is 13.6 Å². The lowest BCUT2D eigenvalue weighted by molar-refractivity contribution is 0.414. The topological polar surface area (TPSA) is 46.6 Å². The van der Waals surface area contributed by atoms with Crippen molar-refractivity contribution in [2.45, 2.75) is 18.4 Å². The summed E-state index contributed by atoms with van der Waals surface area (Å²) in [5.74, 6) is 0.446. The van der Waals surface area contributed by atoms with Crippen molar-refractivity contribution >= 4 is 21.6 Å². The van der Waals surface area contributed by atoms with Crippen LogP contribution in [0.25, 0.3) is 0 Å². The predicted octanol–water partition coefficient (Wildman–Crippen LogP) is 3.48. The maximum absolute atomic E-state index is 12.6. The van der Waals surface area contributed by atoms with Crippen molar-refractivity contribution in [3.05, 3.63) is 58.6 Å². The van der Waals surface area contributed by atoms with E-state index in [-0.39, 0.29) is 9.92 Å². The minimum absolute atomic E-state index is 0.146. The second-order valence-electron chi connectivity index (χ2n) is 5.04. The molecule has 0 aliphatic rings. The van der Waals surface area contributed by atoms with Crippen molar-refractivity contribution in [1.29, 1.82) is 0 Å². The van der Waals surface area contributed by atoms with Crippen molar-refractivity contribution in [3.8, 4) is 5.75 Å². The third-order valence-corrected chi connectivity index (χ3v) is 5.45. The van der Waals surface area contributed by atoms with Crippen molar-refractivity contribution in [3.63, 3.8) is 0 Å². The van der Waals surface area contributed by atoms with Gasteiger partial charge in [0.05, 0.1) is 17.0 Å². The molecule has 0 unspecified atom stereocenters. The van der Waals surface area contributed by atoms with E-state index in [1.54, 1.807) is 13.1 Å². The van der Waals surface area contributed by atoms with E-state index in [1.807, 2.05) is 31.2 Å². The van der Waals surface area contributed by atoms with Gasteiger partial charge in [-0.15, -0.1) is 0 Å². The molecule has 0 spiro atoms. The molecule has 118 valence electrons. The minimum Gasteiger partial charge on any atom is -0.495 e. The smallest absolute Gasteiger partial charge is 0.243 e. The highest BCUT2D eigenvalue weighted by Crippen LogP contribution is 2.28. The number of hydrogen-bond acceptors (Lipinski definition) is 3. The number of benzene rings is 2. The maximum atomic E-state index is 12.6. The largest absolute Gasteiger partial charge is 0.495 e. The van der Waals surface area contributed by atoms with E-state index < -0.39 is 10.0 Å². The first kappa shape index (κ1) is 16.8. The third kappa shape index (κ3) is 3.61. The Bertz CT molecular complexity index is 757. The zero-order chi connectivity index (χ0) is 16.3. The number of hydrogen-bond donors (Lipinski definition) is 0. The van der Waals surface area contributed by atoms with Gasteiger partial charge < -0.3 is 4.74 Å². The molecule has 0 aliphatic heterocycles. The van der Waals surface area contributed by atoms with Crippen molar-refractivity contribution in [1.82, 2.24) is 4.31 Å². The molecule has 0 bridgehead atoms. The van der Waals surface area contributed by atoms with Crippen molar-refractivity contribution in [2.75, 3.05) is 14.2 Å². The first-order valence-electron chi connectivity index (χ1n) is 6.70. The Hall–Kier alpha value is -1.56. The highest BCUT2D eigenvalue weighted by Gasteiger charge is 2.22. The SMILES string of the molecule is COc1ccc(S(=O)(=O)N(C)Cc2ccc(C)cc2)cc1Cl. The summed E-state index contributed by atoms with van der Waals surface area (Å²) in [5.41, 5.74) is 2.06. The molecule has 0 saturated heterocycles. The van der Waals surface area contributed by atoms with Crippen LogP contribution in [-0.2, 0) is 16.6 Å². The quantitative estimate of drug-likeness (QED) is 0.837. The average Bonchev–Trinajstić information content (AvgIpc) is 2.49. The van der Waals surface area contributed by atoms with Gasteiger partial charge in [-0.1, -0.05) is 41.4 Å². The van der Waals surface area contributed by atoms with Gasteiger partial charge in [-0.05, 0) is 30.7 Å². The van der Waals surface area contributed by atoms with E-state index in [0.29, 0.717) is 12.3 Å². The summed E-state index contributed by atoms with van der Waals surface area (Å²) in [4.78, 5) is 0.146. The van der Waals surface area contributed by atoms with E-state index >= 15 is 0 Å². The summed E-state index contributed by atoms with van der Waals surface area (Å²) in [6.07, 6.45) is 0. The second kappa shape index (κ2) is 6.69. The second-order valence-corrected chi connectivity index (χ2v) is 7.50. The first-order chi connectivity index (χ1) is 10.3. The molecule has 22 heavy (non-hydrogen) atoms. The molecule has 6 heteroatoms. The highest BCUT2D eigenvalue weighted by atomic mass is 35.5. The van der Waals surface area contributed by atoms with E-state index in [4.69, 9.17) is 16.3 Å². The summed E-state index contributed by atoms with van der Waals surface area (Å²) in [6.45, 7) is 2.29. The number of halogens is 1. The minimum atomic E-state index is -3.60. The van der Waals surface area contributed by atoms with Gasteiger partial charge in [-0.3, -0.25) is 0 Å². The molecule has 0 atom stereocenters. The maximum Gasteiger partial charge on any atom is 0.243 e. The Kier molecular flexibility index (Phi) is 5.11. The number of sulfonamides is 1. The van der Waals surface area contributed by atoms with Gasteiger partial charge >= 0.3 is 0 Å². The fourth-order valence-corrected chi connectivity index (χ4v) is 3.53. The molecule has 0 fully saturated rings. The molecule has 0 aromatic heterocycles. The normalized spacial score (nSPS) is 11.7. The first-order valence-corrected chi connectivity index (χ1v) is 8.52. The van der Waals surface area contributed by atoms with Crippen LogP contribution in [0.3, 0.4) is 0 Å². The molecule has 0 heterocycles.